The van der Waals surface area contributed by atoms with E-state index in [0.717, 1.165) is 33.1 Å². The zero-order chi connectivity index (χ0) is 10.6. The molecule has 15 heavy (non-hydrogen) atoms. The molecule has 0 atom stereocenters. The number of nitrogens with one attached hydrogen (secondary N) is 1. The van der Waals surface area contributed by atoms with E-state index < -0.39 is 0 Å². The summed E-state index contributed by atoms with van der Waals surface area (Å²) in [5, 5.41) is 1.72. The standard InChI is InChI=1S/C11H7BrClNO/c12-5-3-7-6-1-2-9(15)11(6)14-10(7)8(13)4-5/h3-4,14H,1-2H2. The summed E-state index contributed by atoms with van der Waals surface area (Å²) in [5.74, 6) is 0.188. The smallest absolute Gasteiger partial charge is 0.179 e. The third kappa shape index (κ3) is 1.26. The first-order valence-electron chi connectivity index (χ1n) is 4.69. The van der Waals surface area contributed by atoms with Gasteiger partial charge in [-0.05, 0) is 24.1 Å². The molecule has 1 heterocycles. The minimum atomic E-state index is 0.188. The Bertz CT molecular complexity index is 588. The number of hydrogen-bond donors (Lipinski definition) is 1. The summed E-state index contributed by atoms with van der Waals surface area (Å²) in [5.41, 5.74) is 2.72. The molecule has 2 nitrogen and oxygen atoms in total. The lowest BCUT2D eigenvalue weighted by Crippen LogP contribution is -1.91. The molecule has 1 N–H and O–H groups in total. The number of aromatic nitrogens is 1. The molecule has 0 spiro atoms. The summed E-state index contributed by atoms with van der Waals surface area (Å²) in [4.78, 5) is 14.7. The molecule has 1 aliphatic rings. The molecule has 0 fully saturated rings. The monoisotopic (exact) mass is 283 g/mol. The lowest BCUT2D eigenvalue weighted by molar-refractivity contribution is 0.0991. The zero-order valence-corrected chi connectivity index (χ0v) is 10.1. The Kier molecular flexibility index (Phi) is 1.94. The maximum absolute atomic E-state index is 11.5. The molecular formula is C11H7BrClNO. The fourth-order valence-corrected chi connectivity index (χ4v) is 2.99. The van der Waals surface area contributed by atoms with E-state index in [0.29, 0.717) is 11.4 Å². The fraction of sp³-hybridized carbons (Fsp3) is 0.182. The first-order valence-corrected chi connectivity index (χ1v) is 5.86. The first kappa shape index (κ1) is 9.43. The van der Waals surface area contributed by atoms with Crippen LogP contribution in [0, 0.1) is 0 Å². The van der Waals surface area contributed by atoms with Gasteiger partial charge in [-0.2, -0.15) is 0 Å². The number of rotatable bonds is 0. The van der Waals surface area contributed by atoms with Gasteiger partial charge in [-0.15, -0.1) is 0 Å². The topological polar surface area (TPSA) is 32.9 Å². The SMILES string of the molecule is O=C1CCc2c1[nH]c1c(Cl)cc(Br)cc21. The van der Waals surface area contributed by atoms with Gasteiger partial charge < -0.3 is 4.98 Å². The fourth-order valence-electron chi connectivity index (χ4n) is 2.13. The predicted octanol–water partition coefficient (Wildman–Crippen LogP) is 3.71. The lowest BCUT2D eigenvalue weighted by Gasteiger charge is -1.97. The van der Waals surface area contributed by atoms with Gasteiger partial charge in [0.1, 0.15) is 0 Å². The molecular weight excluding hydrogens is 277 g/mol. The number of hydrogen-bond acceptors (Lipinski definition) is 1. The molecule has 0 aliphatic heterocycles. The predicted molar refractivity (Wildman–Crippen MR) is 63.7 cm³/mol. The van der Waals surface area contributed by atoms with Crippen molar-refractivity contribution in [3.05, 3.63) is 32.9 Å². The molecule has 2 aromatic rings. The molecule has 0 amide bonds. The Labute approximate surface area is 99.7 Å². The Morgan fingerprint density at radius 1 is 1.33 bits per heavy atom. The lowest BCUT2D eigenvalue weighted by atomic mass is 10.1. The summed E-state index contributed by atoms with van der Waals surface area (Å²) in [6.07, 6.45) is 1.43. The van der Waals surface area contributed by atoms with E-state index in [9.17, 15) is 4.79 Å². The molecule has 0 bridgehead atoms. The highest BCUT2D eigenvalue weighted by Gasteiger charge is 2.25. The number of Topliss-reactive ketones (excluding diaryl/α,β-unsaturated/α-hetero) is 1. The number of halogens is 2. The average Bonchev–Trinajstić information content (AvgIpc) is 2.68. The van der Waals surface area contributed by atoms with Gasteiger partial charge in [0.2, 0.25) is 0 Å². The van der Waals surface area contributed by atoms with E-state index in [-0.39, 0.29) is 5.78 Å². The molecule has 76 valence electrons. The van der Waals surface area contributed by atoms with Crippen LogP contribution in [0.25, 0.3) is 10.9 Å². The van der Waals surface area contributed by atoms with Crippen molar-refractivity contribution in [1.82, 2.24) is 4.98 Å². The summed E-state index contributed by atoms with van der Waals surface area (Å²) >= 11 is 9.51. The second-order valence-corrected chi connectivity index (χ2v) is 5.03. The van der Waals surface area contributed by atoms with E-state index in [2.05, 4.69) is 20.9 Å². The summed E-state index contributed by atoms with van der Waals surface area (Å²) in [6, 6.07) is 3.84. The Morgan fingerprint density at radius 3 is 2.93 bits per heavy atom. The molecule has 0 unspecified atom stereocenters. The number of carbonyl (C=O) groups excluding carboxylic acids is 1. The average molecular weight is 285 g/mol. The highest BCUT2D eigenvalue weighted by atomic mass is 79.9. The molecule has 1 aromatic heterocycles. The van der Waals surface area contributed by atoms with Crippen LogP contribution in [-0.4, -0.2) is 10.8 Å². The van der Waals surface area contributed by atoms with Crippen LogP contribution in [0.5, 0.6) is 0 Å². The molecule has 1 aliphatic carbocycles. The van der Waals surface area contributed by atoms with Gasteiger partial charge in [0.15, 0.2) is 5.78 Å². The van der Waals surface area contributed by atoms with Crippen LogP contribution < -0.4 is 0 Å². The normalized spacial score (nSPS) is 14.9. The van der Waals surface area contributed by atoms with Crippen molar-refractivity contribution in [3.8, 4) is 0 Å². The first-order chi connectivity index (χ1) is 7.16. The Hall–Kier alpha value is -0.800. The van der Waals surface area contributed by atoms with Crippen molar-refractivity contribution in [2.24, 2.45) is 0 Å². The van der Waals surface area contributed by atoms with E-state index >= 15 is 0 Å². The van der Waals surface area contributed by atoms with E-state index in [1.54, 1.807) is 0 Å². The highest BCUT2D eigenvalue weighted by Crippen LogP contribution is 2.35. The number of aryl methyl sites for hydroxylation is 1. The molecule has 0 saturated heterocycles. The maximum Gasteiger partial charge on any atom is 0.179 e. The third-order valence-corrected chi connectivity index (χ3v) is 3.57. The van der Waals surface area contributed by atoms with Crippen molar-refractivity contribution in [1.29, 1.82) is 0 Å². The number of ketones is 1. The van der Waals surface area contributed by atoms with Gasteiger partial charge in [-0.3, -0.25) is 4.79 Å². The summed E-state index contributed by atoms with van der Waals surface area (Å²) < 4.78 is 0.946. The number of aromatic amines is 1. The quantitative estimate of drug-likeness (QED) is 0.786. The molecule has 1 aromatic carbocycles. The van der Waals surface area contributed by atoms with Crippen molar-refractivity contribution >= 4 is 44.2 Å². The minimum absolute atomic E-state index is 0.188. The summed E-state index contributed by atoms with van der Waals surface area (Å²) in [6.45, 7) is 0. The molecule has 4 heteroatoms. The van der Waals surface area contributed by atoms with Crippen molar-refractivity contribution in [3.63, 3.8) is 0 Å². The van der Waals surface area contributed by atoms with E-state index in [4.69, 9.17) is 11.6 Å². The van der Waals surface area contributed by atoms with Crippen LogP contribution in [0.1, 0.15) is 22.5 Å². The third-order valence-electron chi connectivity index (χ3n) is 2.81. The van der Waals surface area contributed by atoms with Crippen LogP contribution in [-0.2, 0) is 6.42 Å². The van der Waals surface area contributed by atoms with Gasteiger partial charge in [-0.1, -0.05) is 27.5 Å². The van der Waals surface area contributed by atoms with Crippen LogP contribution >= 0.6 is 27.5 Å². The van der Waals surface area contributed by atoms with Gasteiger partial charge in [-0.25, -0.2) is 0 Å². The van der Waals surface area contributed by atoms with Gasteiger partial charge in [0.05, 0.1) is 16.2 Å². The second-order valence-electron chi connectivity index (χ2n) is 3.71. The number of carbonyl (C=O) groups is 1. The Balaban J connectivity index is 2.44. The molecule has 0 radical (unpaired) electrons. The maximum atomic E-state index is 11.5. The van der Waals surface area contributed by atoms with Crippen LogP contribution in [0.15, 0.2) is 16.6 Å². The number of benzene rings is 1. The molecule has 3 rings (SSSR count). The van der Waals surface area contributed by atoms with Crippen molar-refractivity contribution in [2.75, 3.05) is 0 Å². The number of H-pyrrole nitrogens is 1. The van der Waals surface area contributed by atoms with Crippen LogP contribution in [0.2, 0.25) is 5.02 Å². The zero-order valence-electron chi connectivity index (χ0n) is 7.73. The van der Waals surface area contributed by atoms with E-state index in [1.807, 2.05) is 12.1 Å². The highest BCUT2D eigenvalue weighted by molar-refractivity contribution is 9.10. The molecule has 0 saturated carbocycles. The Morgan fingerprint density at radius 2 is 2.13 bits per heavy atom. The number of fused-ring (bicyclic) bond motifs is 3. The largest absolute Gasteiger partial charge is 0.351 e. The van der Waals surface area contributed by atoms with Crippen molar-refractivity contribution < 1.29 is 4.79 Å². The summed E-state index contributed by atoms with van der Waals surface area (Å²) in [7, 11) is 0. The van der Waals surface area contributed by atoms with Gasteiger partial charge in [0, 0.05) is 16.3 Å². The second kappa shape index (κ2) is 3.09. The van der Waals surface area contributed by atoms with Gasteiger partial charge >= 0.3 is 0 Å². The van der Waals surface area contributed by atoms with Crippen LogP contribution in [0.4, 0.5) is 0 Å². The minimum Gasteiger partial charge on any atom is -0.351 e. The van der Waals surface area contributed by atoms with Gasteiger partial charge in [0.25, 0.3) is 0 Å². The van der Waals surface area contributed by atoms with Crippen molar-refractivity contribution in [2.45, 2.75) is 12.8 Å². The van der Waals surface area contributed by atoms with Crippen LogP contribution in [0.3, 0.4) is 0 Å². The van der Waals surface area contributed by atoms with E-state index in [1.165, 1.54) is 0 Å².